The molecule has 0 bridgehead atoms. The number of aryl methyl sites for hydroxylation is 1. The second kappa shape index (κ2) is 6.24. The van der Waals surface area contributed by atoms with E-state index in [1.807, 2.05) is 19.2 Å². The first-order valence-corrected chi connectivity index (χ1v) is 8.11. The molecule has 23 heavy (non-hydrogen) atoms. The van der Waals surface area contributed by atoms with Gasteiger partial charge in [0.2, 0.25) is 0 Å². The van der Waals surface area contributed by atoms with Crippen molar-refractivity contribution in [2.45, 2.75) is 20.3 Å². The van der Waals surface area contributed by atoms with Crippen LogP contribution in [0.3, 0.4) is 0 Å². The number of carbonyl (C=O) groups excluding carboxylic acids is 1. The number of H-pyrrole nitrogens is 1. The average Bonchev–Trinajstić information content (AvgIpc) is 2.81. The van der Waals surface area contributed by atoms with Gasteiger partial charge in [-0.2, -0.15) is 0 Å². The summed E-state index contributed by atoms with van der Waals surface area (Å²) in [5.41, 5.74) is 3.72. The number of rotatable bonds is 5. The first-order chi connectivity index (χ1) is 11.0. The normalized spacial score (nSPS) is 16.1. The first kappa shape index (κ1) is 15.9. The number of benzene rings is 1. The molecule has 124 valence electrons. The number of urea groups is 1. The van der Waals surface area contributed by atoms with Crippen molar-refractivity contribution >= 4 is 16.9 Å². The van der Waals surface area contributed by atoms with E-state index in [0.29, 0.717) is 6.54 Å². The molecule has 0 spiro atoms. The quantitative estimate of drug-likeness (QED) is 0.891. The van der Waals surface area contributed by atoms with Gasteiger partial charge in [0.1, 0.15) is 0 Å². The zero-order valence-corrected chi connectivity index (χ0v) is 14.1. The van der Waals surface area contributed by atoms with Crippen LogP contribution in [0.2, 0.25) is 0 Å². The summed E-state index contributed by atoms with van der Waals surface area (Å²) in [5, 5.41) is 4.26. The molecule has 0 atom stereocenters. The molecule has 0 unspecified atom stereocenters. The zero-order valence-electron chi connectivity index (χ0n) is 14.1. The number of aromatic nitrogens is 1. The van der Waals surface area contributed by atoms with Crippen LogP contribution >= 0.6 is 0 Å². The number of nitrogens with zero attached hydrogens (tertiary/aromatic N) is 1. The van der Waals surface area contributed by atoms with E-state index in [1.165, 1.54) is 16.6 Å². The minimum atomic E-state index is -0.0179. The third-order valence-corrected chi connectivity index (χ3v) is 4.54. The number of aromatic amines is 1. The van der Waals surface area contributed by atoms with Crippen LogP contribution in [-0.4, -0.2) is 49.3 Å². The molecule has 3 rings (SSSR count). The lowest BCUT2D eigenvalue weighted by atomic mass is 9.88. The van der Waals surface area contributed by atoms with Crippen molar-refractivity contribution in [3.8, 4) is 0 Å². The highest BCUT2D eigenvalue weighted by molar-refractivity contribution is 5.84. The molecule has 1 aromatic heterocycles. The summed E-state index contributed by atoms with van der Waals surface area (Å²) >= 11 is 0. The van der Waals surface area contributed by atoms with Gasteiger partial charge in [-0.25, -0.2) is 4.79 Å². The fraction of sp³-hybridized carbons (Fsp3) is 0.500. The summed E-state index contributed by atoms with van der Waals surface area (Å²) < 4.78 is 5.24. The summed E-state index contributed by atoms with van der Waals surface area (Å²) in [5.74, 6) is 0. The highest BCUT2D eigenvalue weighted by Crippen LogP contribution is 2.27. The Kier molecular flexibility index (Phi) is 4.31. The topological polar surface area (TPSA) is 57.4 Å². The van der Waals surface area contributed by atoms with Gasteiger partial charge in [-0.1, -0.05) is 25.1 Å². The van der Waals surface area contributed by atoms with Gasteiger partial charge in [0.25, 0.3) is 0 Å². The zero-order chi connectivity index (χ0) is 16.4. The smallest absolute Gasteiger partial charge is 0.317 e. The van der Waals surface area contributed by atoms with Crippen molar-refractivity contribution in [1.29, 1.82) is 0 Å². The third kappa shape index (κ3) is 3.34. The maximum Gasteiger partial charge on any atom is 0.317 e. The fourth-order valence-electron chi connectivity index (χ4n) is 3.27. The van der Waals surface area contributed by atoms with Gasteiger partial charge in [-0.3, -0.25) is 0 Å². The number of carbonyl (C=O) groups is 1. The molecule has 2 amide bonds. The molecule has 5 nitrogen and oxygen atoms in total. The second-order valence-electron chi connectivity index (χ2n) is 6.92. The van der Waals surface area contributed by atoms with Crippen molar-refractivity contribution in [2.24, 2.45) is 5.41 Å². The van der Waals surface area contributed by atoms with Crippen molar-refractivity contribution in [3.63, 3.8) is 0 Å². The van der Waals surface area contributed by atoms with Crippen LogP contribution in [0.4, 0.5) is 4.79 Å². The predicted molar refractivity (Wildman–Crippen MR) is 91.7 cm³/mol. The number of ether oxygens (including phenoxy) is 1. The molecule has 0 aliphatic carbocycles. The van der Waals surface area contributed by atoms with Gasteiger partial charge in [-0.15, -0.1) is 0 Å². The Morgan fingerprint density at radius 2 is 2.13 bits per heavy atom. The molecule has 2 heterocycles. The first-order valence-electron chi connectivity index (χ1n) is 8.11. The van der Waals surface area contributed by atoms with Crippen LogP contribution in [0.1, 0.15) is 18.2 Å². The molecular weight excluding hydrogens is 290 g/mol. The molecule has 1 fully saturated rings. The van der Waals surface area contributed by atoms with Crippen molar-refractivity contribution in [1.82, 2.24) is 15.2 Å². The molecule has 1 aliphatic heterocycles. The standard InChI is InChI=1S/C18H25N3O2/c1-13-14(15-6-4-5-7-16(15)20-13)8-9-19-17(22)21(3)10-18(2)11-23-12-18/h4-7,20H,8-12H2,1-3H3,(H,19,22). The van der Waals surface area contributed by atoms with E-state index >= 15 is 0 Å². The molecule has 5 heteroatoms. The van der Waals surface area contributed by atoms with Crippen LogP contribution in [0, 0.1) is 12.3 Å². The maximum atomic E-state index is 12.2. The Morgan fingerprint density at radius 1 is 1.39 bits per heavy atom. The van der Waals surface area contributed by atoms with Crippen LogP contribution < -0.4 is 5.32 Å². The number of para-hydroxylation sites is 1. The molecule has 0 radical (unpaired) electrons. The Hall–Kier alpha value is -2.01. The summed E-state index contributed by atoms with van der Waals surface area (Å²) in [6.45, 7) is 7.07. The lowest BCUT2D eigenvalue weighted by molar-refractivity contribution is -0.108. The van der Waals surface area contributed by atoms with Crippen molar-refractivity contribution < 1.29 is 9.53 Å². The van der Waals surface area contributed by atoms with E-state index in [-0.39, 0.29) is 11.4 Å². The van der Waals surface area contributed by atoms with E-state index in [9.17, 15) is 4.79 Å². The van der Waals surface area contributed by atoms with E-state index < -0.39 is 0 Å². The van der Waals surface area contributed by atoms with E-state index in [2.05, 4.69) is 36.3 Å². The van der Waals surface area contributed by atoms with Gasteiger partial charge in [0.15, 0.2) is 0 Å². The predicted octanol–water partition coefficient (Wildman–Crippen LogP) is 2.70. The van der Waals surface area contributed by atoms with Gasteiger partial charge in [0.05, 0.1) is 13.2 Å². The Bertz CT molecular complexity index is 703. The van der Waals surface area contributed by atoms with E-state index in [0.717, 1.165) is 31.7 Å². The molecule has 1 saturated heterocycles. The van der Waals surface area contributed by atoms with Crippen LogP contribution in [-0.2, 0) is 11.2 Å². The molecule has 1 aliphatic rings. The van der Waals surface area contributed by atoms with Gasteiger partial charge < -0.3 is 19.9 Å². The molecule has 1 aromatic carbocycles. The van der Waals surface area contributed by atoms with Gasteiger partial charge in [0, 0.05) is 42.1 Å². The minimum absolute atomic E-state index is 0.0179. The summed E-state index contributed by atoms with van der Waals surface area (Å²) in [6, 6.07) is 8.27. The van der Waals surface area contributed by atoms with Gasteiger partial charge in [-0.05, 0) is 25.0 Å². The largest absolute Gasteiger partial charge is 0.380 e. The van der Waals surface area contributed by atoms with Gasteiger partial charge >= 0.3 is 6.03 Å². The number of nitrogens with one attached hydrogen (secondary N) is 2. The molecule has 0 saturated carbocycles. The molecular formula is C18H25N3O2. The van der Waals surface area contributed by atoms with Crippen molar-refractivity contribution in [3.05, 3.63) is 35.5 Å². The third-order valence-electron chi connectivity index (χ3n) is 4.54. The average molecular weight is 315 g/mol. The highest BCUT2D eigenvalue weighted by Gasteiger charge is 2.35. The van der Waals surface area contributed by atoms with Crippen LogP contribution in [0.15, 0.2) is 24.3 Å². The Labute approximate surface area is 137 Å². The monoisotopic (exact) mass is 315 g/mol. The van der Waals surface area contributed by atoms with E-state index in [1.54, 1.807) is 4.90 Å². The minimum Gasteiger partial charge on any atom is -0.380 e. The fourth-order valence-corrected chi connectivity index (χ4v) is 3.27. The summed E-state index contributed by atoms with van der Waals surface area (Å²) in [6.07, 6.45) is 0.829. The SMILES string of the molecule is Cc1[nH]c2ccccc2c1CCNC(=O)N(C)CC1(C)COC1. The number of amides is 2. The highest BCUT2D eigenvalue weighted by atomic mass is 16.5. The van der Waals surface area contributed by atoms with Crippen LogP contribution in [0.5, 0.6) is 0 Å². The van der Waals surface area contributed by atoms with Crippen LogP contribution in [0.25, 0.3) is 10.9 Å². The second-order valence-corrected chi connectivity index (χ2v) is 6.92. The summed E-state index contributed by atoms with van der Waals surface area (Å²) in [4.78, 5) is 17.4. The lowest BCUT2D eigenvalue weighted by Gasteiger charge is -2.40. The maximum absolute atomic E-state index is 12.2. The molecule has 2 aromatic rings. The number of hydrogen-bond donors (Lipinski definition) is 2. The molecule has 2 N–H and O–H groups in total. The summed E-state index contributed by atoms with van der Waals surface area (Å²) in [7, 11) is 1.84. The van der Waals surface area contributed by atoms with Crippen molar-refractivity contribution in [2.75, 3.05) is 33.4 Å². The number of hydrogen-bond acceptors (Lipinski definition) is 2. The number of fused-ring (bicyclic) bond motifs is 1. The Morgan fingerprint density at radius 3 is 2.83 bits per heavy atom. The van der Waals surface area contributed by atoms with E-state index in [4.69, 9.17) is 4.74 Å². The lowest BCUT2D eigenvalue weighted by Crippen LogP contribution is -2.51. The Balaban J connectivity index is 1.54.